The van der Waals surface area contributed by atoms with E-state index in [1.165, 1.54) is 5.56 Å². The number of rotatable bonds is 8. The maximum Gasteiger partial charge on any atom is 0.119 e. The molecule has 0 aliphatic rings. The molecule has 0 bridgehead atoms. The van der Waals surface area contributed by atoms with Crippen molar-refractivity contribution in [1.29, 1.82) is 0 Å². The van der Waals surface area contributed by atoms with Crippen molar-refractivity contribution in [2.75, 3.05) is 27.2 Å². The van der Waals surface area contributed by atoms with Crippen molar-refractivity contribution < 1.29 is 4.74 Å². The molecule has 0 aromatic heterocycles. The number of hydrogen-bond acceptors (Lipinski definition) is 3. The highest BCUT2D eigenvalue weighted by molar-refractivity contribution is 5.28. The van der Waals surface area contributed by atoms with Crippen LogP contribution in [0.3, 0.4) is 0 Å². The van der Waals surface area contributed by atoms with Crippen molar-refractivity contribution in [3.05, 3.63) is 29.8 Å². The Balaban J connectivity index is 2.38. The summed E-state index contributed by atoms with van der Waals surface area (Å²) in [5.41, 5.74) is 1.25. The van der Waals surface area contributed by atoms with Crippen molar-refractivity contribution in [2.24, 2.45) is 5.92 Å². The van der Waals surface area contributed by atoms with Crippen molar-refractivity contribution in [3.63, 3.8) is 0 Å². The standard InChI is InChI=1S/C16H28N2O/c1-13(2)14(3)18(5)9-10-19-16-8-6-7-15(11-16)12-17-4/h6-8,11,13-14,17H,9-10,12H2,1-5H3. The lowest BCUT2D eigenvalue weighted by Crippen LogP contribution is -2.36. The van der Waals surface area contributed by atoms with Gasteiger partial charge in [-0.05, 0) is 44.6 Å². The van der Waals surface area contributed by atoms with Crippen LogP contribution in [-0.2, 0) is 6.54 Å². The summed E-state index contributed by atoms with van der Waals surface area (Å²) in [4.78, 5) is 2.35. The highest BCUT2D eigenvalue weighted by Gasteiger charge is 2.12. The zero-order valence-corrected chi connectivity index (χ0v) is 12.9. The van der Waals surface area contributed by atoms with Crippen LogP contribution >= 0.6 is 0 Å². The number of nitrogens with zero attached hydrogens (tertiary/aromatic N) is 1. The Morgan fingerprint density at radius 3 is 2.63 bits per heavy atom. The van der Waals surface area contributed by atoms with E-state index in [0.29, 0.717) is 12.0 Å². The molecule has 0 heterocycles. The van der Waals surface area contributed by atoms with E-state index in [4.69, 9.17) is 4.74 Å². The summed E-state index contributed by atoms with van der Waals surface area (Å²) < 4.78 is 5.82. The van der Waals surface area contributed by atoms with E-state index in [0.717, 1.165) is 25.4 Å². The smallest absolute Gasteiger partial charge is 0.119 e. The Hall–Kier alpha value is -1.06. The summed E-state index contributed by atoms with van der Waals surface area (Å²) in [5.74, 6) is 1.63. The second-order valence-electron chi connectivity index (χ2n) is 5.49. The summed E-state index contributed by atoms with van der Waals surface area (Å²) in [7, 11) is 4.11. The zero-order valence-electron chi connectivity index (χ0n) is 12.9. The third kappa shape index (κ3) is 5.62. The van der Waals surface area contributed by atoms with Crippen LogP contribution in [0.2, 0.25) is 0 Å². The highest BCUT2D eigenvalue weighted by atomic mass is 16.5. The Kier molecular flexibility index (Phi) is 6.89. The molecule has 0 saturated carbocycles. The average Bonchev–Trinajstić information content (AvgIpc) is 2.38. The van der Waals surface area contributed by atoms with Crippen molar-refractivity contribution in [3.8, 4) is 5.75 Å². The molecule has 0 spiro atoms. The largest absolute Gasteiger partial charge is 0.492 e. The fourth-order valence-electron chi connectivity index (χ4n) is 1.97. The molecule has 108 valence electrons. The Morgan fingerprint density at radius 2 is 2.00 bits per heavy atom. The van der Waals surface area contributed by atoms with Gasteiger partial charge in [0.2, 0.25) is 0 Å². The predicted octanol–water partition coefficient (Wildman–Crippen LogP) is 2.76. The summed E-state index contributed by atoms with van der Waals surface area (Å²) in [5, 5.41) is 3.15. The van der Waals surface area contributed by atoms with Gasteiger partial charge in [0.15, 0.2) is 0 Å². The molecule has 19 heavy (non-hydrogen) atoms. The van der Waals surface area contributed by atoms with E-state index in [2.05, 4.69) is 50.2 Å². The van der Waals surface area contributed by atoms with Gasteiger partial charge in [-0.2, -0.15) is 0 Å². The van der Waals surface area contributed by atoms with Gasteiger partial charge in [0.05, 0.1) is 0 Å². The Labute approximate surface area is 118 Å². The monoisotopic (exact) mass is 264 g/mol. The van der Waals surface area contributed by atoms with Gasteiger partial charge in [-0.15, -0.1) is 0 Å². The van der Waals surface area contributed by atoms with Crippen LogP contribution in [-0.4, -0.2) is 38.2 Å². The zero-order chi connectivity index (χ0) is 14.3. The SMILES string of the molecule is CNCc1cccc(OCCN(C)C(C)C(C)C)c1. The lowest BCUT2D eigenvalue weighted by Gasteiger charge is -2.27. The molecule has 1 unspecified atom stereocenters. The summed E-state index contributed by atoms with van der Waals surface area (Å²) in [6.45, 7) is 9.33. The van der Waals surface area contributed by atoms with Gasteiger partial charge in [-0.3, -0.25) is 0 Å². The highest BCUT2D eigenvalue weighted by Crippen LogP contribution is 2.13. The third-order valence-corrected chi connectivity index (χ3v) is 3.65. The first-order valence-electron chi connectivity index (χ1n) is 7.11. The molecule has 3 nitrogen and oxygen atoms in total. The molecule has 1 aromatic rings. The molecule has 0 aliphatic heterocycles. The number of nitrogens with one attached hydrogen (secondary N) is 1. The Bertz CT molecular complexity index is 366. The lowest BCUT2D eigenvalue weighted by molar-refractivity contribution is 0.170. The van der Waals surface area contributed by atoms with E-state index in [1.807, 2.05) is 19.2 Å². The molecule has 1 atom stereocenters. The van der Waals surface area contributed by atoms with E-state index < -0.39 is 0 Å². The molecule has 1 N–H and O–H groups in total. The average molecular weight is 264 g/mol. The van der Waals surface area contributed by atoms with Gasteiger partial charge in [0, 0.05) is 19.1 Å². The van der Waals surface area contributed by atoms with E-state index >= 15 is 0 Å². The number of ether oxygens (including phenoxy) is 1. The van der Waals surface area contributed by atoms with Crippen molar-refractivity contribution >= 4 is 0 Å². The number of likely N-dealkylation sites (N-methyl/N-ethyl adjacent to an activating group) is 1. The Morgan fingerprint density at radius 1 is 1.26 bits per heavy atom. The first-order chi connectivity index (χ1) is 9.04. The van der Waals surface area contributed by atoms with Gasteiger partial charge < -0.3 is 15.0 Å². The van der Waals surface area contributed by atoms with Crippen LogP contribution in [0.4, 0.5) is 0 Å². The first-order valence-corrected chi connectivity index (χ1v) is 7.11. The molecular formula is C16H28N2O. The minimum Gasteiger partial charge on any atom is -0.492 e. The van der Waals surface area contributed by atoms with Gasteiger partial charge in [0.25, 0.3) is 0 Å². The van der Waals surface area contributed by atoms with Gasteiger partial charge in [0.1, 0.15) is 12.4 Å². The topological polar surface area (TPSA) is 24.5 Å². The van der Waals surface area contributed by atoms with E-state index in [-0.39, 0.29) is 0 Å². The summed E-state index contributed by atoms with van der Waals surface area (Å²) in [6.07, 6.45) is 0. The predicted molar refractivity (Wildman–Crippen MR) is 81.6 cm³/mol. The molecule has 0 saturated heterocycles. The van der Waals surface area contributed by atoms with Crippen LogP contribution in [0.5, 0.6) is 5.75 Å². The fourth-order valence-corrected chi connectivity index (χ4v) is 1.97. The normalized spacial score (nSPS) is 13.0. The van der Waals surface area contributed by atoms with Crippen molar-refractivity contribution in [2.45, 2.75) is 33.4 Å². The summed E-state index contributed by atoms with van der Waals surface area (Å²) >= 11 is 0. The second-order valence-corrected chi connectivity index (χ2v) is 5.49. The molecule has 1 rings (SSSR count). The van der Waals surface area contributed by atoms with Crippen LogP contribution in [0.15, 0.2) is 24.3 Å². The van der Waals surface area contributed by atoms with Crippen LogP contribution in [0.1, 0.15) is 26.3 Å². The lowest BCUT2D eigenvalue weighted by atomic mass is 10.1. The third-order valence-electron chi connectivity index (χ3n) is 3.65. The maximum atomic E-state index is 5.82. The minimum atomic E-state index is 0.583. The first kappa shape index (κ1) is 16.0. The molecule has 0 aliphatic carbocycles. The molecule has 0 fully saturated rings. The second kappa shape index (κ2) is 8.18. The van der Waals surface area contributed by atoms with Gasteiger partial charge >= 0.3 is 0 Å². The van der Waals surface area contributed by atoms with Gasteiger partial charge in [-0.25, -0.2) is 0 Å². The van der Waals surface area contributed by atoms with Gasteiger partial charge in [-0.1, -0.05) is 26.0 Å². The maximum absolute atomic E-state index is 5.82. The summed E-state index contributed by atoms with van der Waals surface area (Å²) in [6, 6.07) is 8.85. The molecule has 0 radical (unpaired) electrons. The number of hydrogen-bond donors (Lipinski definition) is 1. The fraction of sp³-hybridized carbons (Fsp3) is 0.625. The molecule has 0 amide bonds. The van der Waals surface area contributed by atoms with E-state index in [9.17, 15) is 0 Å². The number of benzene rings is 1. The van der Waals surface area contributed by atoms with Crippen LogP contribution in [0.25, 0.3) is 0 Å². The van der Waals surface area contributed by atoms with Crippen LogP contribution < -0.4 is 10.1 Å². The van der Waals surface area contributed by atoms with Crippen LogP contribution in [0, 0.1) is 5.92 Å². The molecule has 3 heteroatoms. The minimum absolute atomic E-state index is 0.583. The van der Waals surface area contributed by atoms with E-state index in [1.54, 1.807) is 0 Å². The quantitative estimate of drug-likeness (QED) is 0.781. The van der Waals surface area contributed by atoms with Crippen molar-refractivity contribution in [1.82, 2.24) is 10.2 Å². The molecular weight excluding hydrogens is 236 g/mol. The molecule has 1 aromatic carbocycles.